The molecule has 1 heterocycles. The second-order valence-electron chi connectivity index (χ2n) is 5.58. The van der Waals surface area contributed by atoms with Gasteiger partial charge < -0.3 is 5.32 Å². The minimum absolute atomic E-state index is 0.0429. The van der Waals surface area contributed by atoms with Crippen LogP contribution in [-0.4, -0.2) is 10.9 Å². The van der Waals surface area contributed by atoms with Crippen molar-refractivity contribution in [2.75, 3.05) is 5.32 Å². The number of hydrogen-bond donors (Lipinski definition) is 1. The molecule has 3 rings (SSSR count). The maximum atomic E-state index is 12.1. The highest BCUT2D eigenvalue weighted by atomic mass is 32.1. The number of benzene rings is 2. The lowest BCUT2D eigenvalue weighted by Gasteiger charge is -2.04. The van der Waals surface area contributed by atoms with Crippen LogP contribution >= 0.6 is 11.3 Å². The summed E-state index contributed by atoms with van der Waals surface area (Å²) in [5.74, 6) is -0.0429. The van der Waals surface area contributed by atoms with Gasteiger partial charge in [-0.25, -0.2) is 4.98 Å². The van der Waals surface area contributed by atoms with Crippen molar-refractivity contribution in [3.63, 3.8) is 0 Å². The zero-order chi connectivity index (χ0) is 16.2. The lowest BCUT2D eigenvalue weighted by atomic mass is 10.1. The van der Waals surface area contributed by atoms with Gasteiger partial charge in [0.1, 0.15) is 5.01 Å². The molecular formula is C19H18N2OS. The molecule has 1 aromatic heterocycles. The summed E-state index contributed by atoms with van der Waals surface area (Å²) in [5, 5.41) is 5.73. The molecule has 1 amide bonds. The summed E-state index contributed by atoms with van der Waals surface area (Å²) in [6.07, 6.45) is 0.296. The Morgan fingerprint density at radius 2 is 1.61 bits per heavy atom. The molecule has 3 nitrogen and oxygen atoms in total. The number of aryl methyl sites for hydroxylation is 2. The first-order valence-corrected chi connectivity index (χ1v) is 8.36. The van der Waals surface area contributed by atoms with Gasteiger partial charge in [-0.1, -0.05) is 47.5 Å². The molecule has 116 valence electrons. The van der Waals surface area contributed by atoms with Crippen molar-refractivity contribution in [2.24, 2.45) is 0 Å². The molecule has 3 aromatic rings. The van der Waals surface area contributed by atoms with E-state index in [-0.39, 0.29) is 5.91 Å². The molecule has 0 spiro atoms. The molecule has 0 fully saturated rings. The molecule has 0 saturated carbocycles. The molecule has 0 saturated heterocycles. The van der Waals surface area contributed by atoms with E-state index >= 15 is 0 Å². The van der Waals surface area contributed by atoms with Crippen LogP contribution in [0.4, 0.5) is 5.69 Å². The monoisotopic (exact) mass is 322 g/mol. The van der Waals surface area contributed by atoms with E-state index in [2.05, 4.69) is 41.5 Å². The SMILES string of the molecule is Cc1ccc(NC(=O)Cc2nc(-c3ccc(C)cc3)cs2)cc1. The van der Waals surface area contributed by atoms with Gasteiger partial charge in [0.2, 0.25) is 5.91 Å². The Balaban J connectivity index is 1.65. The highest BCUT2D eigenvalue weighted by molar-refractivity contribution is 7.10. The fraction of sp³-hybridized carbons (Fsp3) is 0.158. The number of anilines is 1. The quantitative estimate of drug-likeness (QED) is 0.762. The molecule has 0 atom stereocenters. The largest absolute Gasteiger partial charge is 0.326 e. The molecule has 0 aliphatic rings. The van der Waals surface area contributed by atoms with Gasteiger partial charge in [0.05, 0.1) is 12.1 Å². The van der Waals surface area contributed by atoms with E-state index in [4.69, 9.17) is 0 Å². The van der Waals surface area contributed by atoms with Crippen molar-refractivity contribution in [3.05, 3.63) is 70.0 Å². The zero-order valence-corrected chi connectivity index (χ0v) is 14.0. The zero-order valence-electron chi connectivity index (χ0n) is 13.2. The summed E-state index contributed by atoms with van der Waals surface area (Å²) in [6, 6.07) is 16.0. The van der Waals surface area contributed by atoms with Crippen molar-refractivity contribution in [3.8, 4) is 11.3 Å². The summed E-state index contributed by atoms with van der Waals surface area (Å²) in [5.41, 5.74) is 5.22. The fourth-order valence-electron chi connectivity index (χ4n) is 2.23. The molecule has 0 aliphatic carbocycles. The first-order chi connectivity index (χ1) is 11.1. The standard InChI is InChI=1S/C19H18N2OS/c1-13-3-7-15(8-4-13)17-12-23-19(21-17)11-18(22)20-16-9-5-14(2)6-10-16/h3-10,12H,11H2,1-2H3,(H,20,22). The molecule has 0 radical (unpaired) electrons. The van der Waals surface area contributed by atoms with Crippen molar-refractivity contribution in [1.82, 2.24) is 4.98 Å². The van der Waals surface area contributed by atoms with Crippen LogP contribution in [0.25, 0.3) is 11.3 Å². The normalized spacial score (nSPS) is 10.5. The minimum Gasteiger partial charge on any atom is -0.326 e. The molecule has 0 aliphatic heterocycles. The van der Waals surface area contributed by atoms with Crippen LogP contribution in [0.15, 0.2) is 53.9 Å². The number of amides is 1. The summed E-state index contributed by atoms with van der Waals surface area (Å²) < 4.78 is 0. The van der Waals surface area contributed by atoms with E-state index < -0.39 is 0 Å². The Kier molecular flexibility index (Phi) is 4.53. The highest BCUT2D eigenvalue weighted by Gasteiger charge is 2.09. The molecular weight excluding hydrogens is 304 g/mol. The topological polar surface area (TPSA) is 42.0 Å². The smallest absolute Gasteiger partial charge is 0.231 e. The van der Waals surface area contributed by atoms with Crippen molar-refractivity contribution >= 4 is 22.9 Å². The number of thiazole rings is 1. The van der Waals surface area contributed by atoms with E-state index in [9.17, 15) is 4.79 Å². The average Bonchev–Trinajstić information content (AvgIpc) is 2.98. The van der Waals surface area contributed by atoms with Crippen molar-refractivity contribution < 1.29 is 4.79 Å². The Labute approximate surface area is 140 Å². The molecule has 1 N–H and O–H groups in total. The van der Waals surface area contributed by atoms with Gasteiger partial charge in [-0.2, -0.15) is 0 Å². The van der Waals surface area contributed by atoms with Gasteiger partial charge in [-0.05, 0) is 26.0 Å². The summed E-state index contributed by atoms with van der Waals surface area (Å²) >= 11 is 1.52. The fourth-order valence-corrected chi connectivity index (χ4v) is 3.03. The van der Waals surface area contributed by atoms with Crippen LogP contribution in [0.5, 0.6) is 0 Å². The van der Waals surface area contributed by atoms with Gasteiger partial charge in [0, 0.05) is 16.6 Å². The maximum absolute atomic E-state index is 12.1. The number of carbonyl (C=O) groups excluding carboxylic acids is 1. The molecule has 23 heavy (non-hydrogen) atoms. The predicted molar refractivity (Wildman–Crippen MR) is 95.8 cm³/mol. The summed E-state index contributed by atoms with van der Waals surface area (Å²) in [4.78, 5) is 16.7. The van der Waals surface area contributed by atoms with E-state index in [1.807, 2.05) is 36.6 Å². The summed E-state index contributed by atoms with van der Waals surface area (Å²) in [7, 11) is 0. The van der Waals surface area contributed by atoms with Crippen LogP contribution in [0.1, 0.15) is 16.1 Å². The highest BCUT2D eigenvalue weighted by Crippen LogP contribution is 2.22. The Morgan fingerprint density at radius 3 is 2.26 bits per heavy atom. The first kappa shape index (κ1) is 15.4. The van der Waals surface area contributed by atoms with Gasteiger partial charge in [-0.3, -0.25) is 4.79 Å². The Hall–Kier alpha value is -2.46. The molecule has 2 aromatic carbocycles. The minimum atomic E-state index is -0.0429. The van der Waals surface area contributed by atoms with Gasteiger partial charge in [-0.15, -0.1) is 11.3 Å². The second-order valence-corrected chi connectivity index (χ2v) is 6.53. The second kappa shape index (κ2) is 6.75. The van der Waals surface area contributed by atoms with Crippen LogP contribution in [0.2, 0.25) is 0 Å². The lowest BCUT2D eigenvalue weighted by molar-refractivity contribution is -0.115. The Morgan fingerprint density at radius 1 is 1.00 bits per heavy atom. The van der Waals surface area contributed by atoms with Gasteiger partial charge in [0.25, 0.3) is 0 Å². The third-order valence-corrected chi connectivity index (χ3v) is 4.39. The van der Waals surface area contributed by atoms with E-state index in [0.717, 1.165) is 22.0 Å². The third kappa shape index (κ3) is 4.05. The average molecular weight is 322 g/mol. The number of nitrogens with one attached hydrogen (secondary N) is 1. The van der Waals surface area contributed by atoms with Gasteiger partial charge >= 0.3 is 0 Å². The van der Waals surface area contributed by atoms with E-state index in [1.165, 1.54) is 22.5 Å². The van der Waals surface area contributed by atoms with Gasteiger partial charge in [0.15, 0.2) is 0 Å². The van der Waals surface area contributed by atoms with Crippen LogP contribution < -0.4 is 5.32 Å². The first-order valence-electron chi connectivity index (χ1n) is 7.48. The van der Waals surface area contributed by atoms with Crippen LogP contribution in [-0.2, 0) is 11.2 Å². The molecule has 0 bridgehead atoms. The number of rotatable bonds is 4. The predicted octanol–water partition coefficient (Wildman–Crippen LogP) is 4.61. The van der Waals surface area contributed by atoms with E-state index in [1.54, 1.807) is 0 Å². The number of aromatic nitrogens is 1. The Bertz CT molecular complexity index is 804. The number of carbonyl (C=O) groups is 1. The molecule has 0 unspecified atom stereocenters. The maximum Gasteiger partial charge on any atom is 0.231 e. The number of nitrogens with zero attached hydrogens (tertiary/aromatic N) is 1. The van der Waals surface area contributed by atoms with E-state index in [0.29, 0.717) is 6.42 Å². The van der Waals surface area contributed by atoms with Crippen LogP contribution in [0, 0.1) is 13.8 Å². The third-order valence-electron chi connectivity index (χ3n) is 3.55. The number of hydrogen-bond acceptors (Lipinski definition) is 3. The molecule has 4 heteroatoms. The summed E-state index contributed by atoms with van der Waals surface area (Å²) in [6.45, 7) is 4.08. The van der Waals surface area contributed by atoms with Crippen LogP contribution in [0.3, 0.4) is 0 Å². The lowest BCUT2D eigenvalue weighted by Crippen LogP contribution is -2.14. The van der Waals surface area contributed by atoms with Crippen molar-refractivity contribution in [2.45, 2.75) is 20.3 Å². The van der Waals surface area contributed by atoms with Crippen molar-refractivity contribution in [1.29, 1.82) is 0 Å².